The van der Waals surface area contributed by atoms with Gasteiger partial charge in [0.1, 0.15) is 5.75 Å². The monoisotopic (exact) mass is 393 g/mol. The molecule has 2 aliphatic rings. The first-order valence-corrected chi connectivity index (χ1v) is 9.67. The van der Waals surface area contributed by atoms with E-state index in [9.17, 15) is 14.4 Å². The standard InChI is InChI=1S/C22H23N3O4/c1-29-18-9-5-8-17(14-18)25-20(26)15-19(22(25)28)23-10-12-24(13-11-23)21(27)16-6-3-2-4-7-16/h2-9,14,19H,10-13,15H2,1H3/t19-/m1/s1. The molecule has 1 atom stereocenters. The van der Waals surface area contributed by atoms with Crippen molar-refractivity contribution in [1.82, 2.24) is 9.80 Å². The lowest BCUT2D eigenvalue weighted by Gasteiger charge is -2.37. The summed E-state index contributed by atoms with van der Waals surface area (Å²) in [4.78, 5) is 43.2. The van der Waals surface area contributed by atoms with Gasteiger partial charge in [-0.3, -0.25) is 19.3 Å². The fraction of sp³-hybridized carbons (Fsp3) is 0.318. The lowest BCUT2D eigenvalue weighted by atomic mass is 10.1. The van der Waals surface area contributed by atoms with Gasteiger partial charge >= 0.3 is 0 Å². The Morgan fingerprint density at radius 3 is 2.38 bits per heavy atom. The molecule has 2 saturated heterocycles. The molecule has 0 radical (unpaired) electrons. The number of rotatable bonds is 4. The van der Waals surface area contributed by atoms with Crippen molar-refractivity contribution in [3.05, 3.63) is 60.2 Å². The number of anilines is 1. The molecule has 0 spiro atoms. The summed E-state index contributed by atoms with van der Waals surface area (Å²) in [5, 5.41) is 0. The van der Waals surface area contributed by atoms with Crippen molar-refractivity contribution in [2.45, 2.75) is 12.5 Å². The Bertz CT molecular complexity index is 923. The van der Waals surface area contributed by atoms with Gasteiger partial charge in [-0.25, -0.2) is 4.90 Å². The smallest absolute Gasteiger partial charge is 0.253 e. The summed E-state index contributed by atoms with van der Waals surface area (Å²) in [5.41, 5.74) is 1.19. The second kappa shape index (κ2) is 8.05. The molecule has 0 bridgehead atoms. The summed E-state index contributed by atoms with van der Waals surface area (Å²) in [7, 11) is 1.55. The predicted molar refractivity (Wildman–Crippen MR) is 108 cm³/mol. The largest absolute Gasteiger partial charge is 0.497 e. The van der Waals surface area contributed by atoms with Gasteiger partial charge in [-0.1, -0.05) is 24.3 Å². The minimum atomic E-state index is -0.484. The highest BCUT2D eigenvalue weighted by Gasteiger charge is 2.43. The molecule has 2 aromatic carbocycles. The Morgan fingerprint density at radius 1 is 0.966 bits per heavy atom. The Labute approximate surface area is 169 Å². The van der Waals surface area contributed by atoms with Gasteiger partial charge in [0, 0.05) is 37.8 Å². The summed E-state index contributed by atoms with van der Waals surface area (Å²) in [5.74, 6) is 0.166. The van der Waals surface area contributed by atoms with E-state index in [2.05, 4.69) is 0 Å². The van der Waals surface area contributed by atoms with Crippen LogP contribution in [0, 0.1) is 0 Å². The van der Waals surface area contributed by atoms with Gasteiger partial charge in [-0.2, -0.15) is 0 Å². The van der Waals surface area contributed by atoms with Crippen molar-refractivity contribution in [2.75, 3.05) is 38.2 Å². The average Bonchev–Trinajstić information content (AvgIpc) is 3.08. The van der Waals surface area contributed by atoms with Gasteiger partial charge in [-0.05, 0) is 24.3 Å². The predicted octanol–water partition coefficient (Wildman–Crippen LogP) is 1.79. The van der Waals surface area contributed by atoms with Crippen molar-refractivity contribution in [2.24, 2.45) is 0 Å². The number of nitrogens with zero attached hydrogens (tertiary/aromatic N) is 3. The molecule has 29 heavy (non-hydrogen) atoms. The van der Waals surface area contributed by atoms with Crippen LogP contribution in [0.4, 0.5) is 5.69 Å². The molecule has 7 heteroatoms. The van der Waals surface area contributed by atoms with E-state index in [0.717, 1.165) is 0 Å². The molecule has 0 saturated carbocycles. The number of benzene rings is 2. The van der Waals surface area contributed by atoms with Gasteiger partial charge < -0.3 is 9.64 Å². The molecule has 2 heterocycles. The Morgan fingerprint density at radius 2 is 1.69 bits per heavy atom. The lowest BCUT2D eigenvalue weighted by Crippen LogP contribution is -2.53. The minimum Gasteiger partial charge on any atom is -0.497 e. The van der Waals surface area contributed by atoms with Crippen LogP contribution < -0.4 is 9.64 Å². The third-order valence-electron chi connectivity index (χ3n) is 5.50. The van der Waals surface area contributed by atoms with Crippen LogP contribution in [-0.4, -0.2) is 66.9 Å². The van der Waals surface area contributed by atoms with Gasteiger partial charge in [0.15, 0.2) is 0 Å². The molecule has 7 nitrogen and oxygen atoms in total. The van der Waals surface area contributed by atoms with Crippen molar-refractivity contribution < 1.29 is 19.1 Å². The number of piperazine rings is 1. The van der Waals surface area contributed by atoms with Crippen LogP contribution >= 0.6 is 0 Å². The first kappa shape index (κ1) is 19.1. The maximum atomic E-state index is 13.0. The normalized spacial score (nSPS) is 20.2. The van der Waals surface area contributed by atoms with Crippen LogP contribution in [-0.2, 0) is 9.59 Å². The lowest BCUT2D eigenvalue weighted by molar-refractivity contribution is -0.123. The van der Waals surface area contributed by atoms with Crippen molar-refractivity contribution in [1.29, 1.82) is 0 Å². The first-order chi connectivity index (χ1) is 14.1. The molecule has 2 aliphatic heterocycles. The molecular weight excluding hydrogens is 370 g/mol. The van der Waals surface area contributed by atoms with E-state index < -0.39 is 6.04 Å². The van der Waals surface area contributed by atoms with E-state index in [1.54, 1.807) is 48.4 Å². The Balaban J connectivity index is 1.42. The maximum absolute atomic E-state index is 13.0. The van der Waals surface area contributed by atoms with Crippen molar-refractivity contribution >= 4 is 23.4 Å². The Kier molecular flexibility index (Phi) is 5.31. The summed E-state index contributed by atoms with van der Waals surface area (Å²) in [6.07, 6.45) is 0.155. The topological polar surface area (TPSA) is 70.2 Å². The van der Waals surface area contributed by atoms with Gasteiger partial charge in [-0.15, -0.1) is 0 Å². The Hall–Kier alpha value is -3.19. The average molecular weight is 393 g/mol. The van der Waals surface area contributed by atoms with E-state index in [1.807, 2.05) is 23.1 Å². The highest BCUT2D eigenvalue weighted by molar-refractivity contribution is 6.22. The quantitative estimate of drug-likeness (QED) is 0.741. The molecule has 0 unspecified atom stereocenters. The van der Waals surface area contributed by atoms with Crippen LogP contribution in [0.15, 0.2) is 54.6 Å². The van der Waals surface area contributed by atoms with Gasteiger partial charge in [0.05, 0.1) is 25.3 Å². The SMILES string of the molecule is COc1cccc(N2C(=O)C[C@@H](N3CCN(C(=O)c4ccccc4)CC3)C2=O)c1. The molecule has 0 aliphatic carbocycles. The van der Waals surface area contributed by atoms with E-state index in [1.165, 1.54) is 4.90 Å². The zero-order valence-electron chi connectivity index (χ0n) is 16.3. The molecule has 4 rings (SSSR count). The zero-order valence-corrected chi connectivity index (χ0v) is 16.3. The van der Waals surface area contributed by atoms with E-state index in [0.29, 0.717) is 43.2 Å². The summed E-state index contributed by atoms with van der Waals surface area (Å²) >= 11 is 0. The number of ether oxygens (including phenoxy) is 1. The molecule has 0 aromatic heterocycles. The van der Waals surface area contributed by atoms with Gasteiger partial charge in [0.25, 0.3) is 11.8 Å². The molecule has 2 fully saturated rings. The van der Waals surface area contributed by atoms with Crippen LogP contribution in [0.2, 0.25) is 0 Å². The fourth-order valence-electron chi connectivity index (χ4n) is 3.92. The number of imide groups is 1. The first-order valence-electron chi connectivity index (χ1n) is 9.67. The van der Waals surface area contributed by atoms with Gasteiger partial charge in [0.2, 0.25) is 5.91 Å². The molecule has 150 valence electrons. The second-order valence-corrected chi connectivity index (χ2v) is 7.18. The highest BCUT2D eigenvalue weighted by atomic mass is 16.5. The number of hydrogen-bond acceptors (Lipinski definition) is 5. The van der Waals surface area contributed by atoms with Crippen LogP contribution in [0.5, 0.6) is 5.75 Å². The number of amides is 3. The van der Waals surface area contributed by atoms with E-state index in [4.69, 9.17) is 4.74 Å². The second-order valence-electron chi connectivity index (χ2n) is 7.18. The summed E-state index contributed by atoms with van der Waals surface area (Å²) in [6.45, 7) is 2.19. The fourth-order valence-corrected chi connectivity index (χ4v) is 3.92. The highest BCUT2D eigenvalue weighted by Crippen LogP contribution is 2.28. The molecule has 2 aromatic rings. The molecule has 3 amide bonds. The van der Waals surface area contributed by atoms with Crippen LogP contribution in [0.1, 0.15) is 16.8 Å². The number of carbonyl (C=O) groups excluding carboxylic acids is 3. The van der Waals surface area contributed by atoms with Crippen molar-refractivity contribution in [3.63, 3.8) is 0 Å². The molecular formula is C22H23N3O4. The summed E-state index contributed by atoms with van der Waals surface area (Å²) in [6, 6.07) is 15.7. The molecule has 0 N–H and O–H groups in total. The maximum Gasteiger partial charge on any atom is 0.253 e. The summed E-state index contributed by atoms with van der Waals surface area (Å²) < 4.78 is 5.20. The van der Waals surface area contributed by atoms with Crippen molar-refractivity contribution in [3.8, 4) is 5.75 Å². The number of hydrogen-bond donors (Lipinski definition) is 0. The number of methoxy groups -OCH3 is 1. The van der Waals surface area contributed by atoms with Crippen LogP contribution in [0.3, 0.4) is 0 Å². The number of carbonyl (C=O) groups is 3. The van der Waals surface area contributed by atoms with E-state index in [-0.39, 0.29) is 24.1 Å². The van der Waals surface area contributed by atoms with Crippen LogP contribution in [0.25, 0.3) is 0 Å². The van der Waals surface area contributed by atoms with E-state index >= 15 is 0 Å². The third kappa shape index (κ3) is 3.73. The third-order valence-corrected chi connectivity index (χ3v) is 5.50. The zero-order chi connectivity index (χ0) is 20.4. The minimum absolute atomic E-state index is 0.00270.